The Kier molecular flexibility index (Phi) is 3.93. The number of hydrogen-bond donors (Lipinski definition) is 2. The van der Waals surface area contributed by atoms with Gasteiger partial charge in [-0.1, -0.05) is 17.7 Å². The van der Waals surface area contributed by atoms with E-state index in [-0.39, 0.29) is 16.7 Å². The molecule has 0 aliphatic carbocycles. The van der Waals surface area contributed by atoms with Crippen LogP contribution >= 0.6 is 11.6 Å². The molecule has 2 heterocycles. The van der Waals surface area contributed by atoms with Gasteiger partial charge in [-0.2, -0.15) is 0 Å². The van der Waals surface area contributed by atoms with Crippen LogP contribution in [0.15, 0.2) is 42.6 Å². The lowest BCUT2D eigenvalue weighted by Crippen LogP contribution is -2.26. The molecule has 0 radical (unpaired) electrons. The molecule has 2 aromatic heterocycles. The largest absolute Gasteiger partial charge is 0.506 e. The number of phenols is 1. The van der Waals surface area contributed by atoms with Gasteiger partial charge in [0.15, 0.2) is 5.65 Å². The normalized spacial score (nSPS) is 10.8. The zero-order valence-corrected chi connectivity index (χ0v) is 12.3. The summed E-state index contributed by atoms with van der Waals surface area (Å²) in [5.74, 6) is 0.475. The first-order chi connectivity index (χ1) is 10.6. The van der Waals surface area contributed by atoms with Crippen LogP contribution in [-0.4, -0.2) is 32.2 Å². The molecule has 0 atom stereocenters. The molecule has 7 heteroatoms. The van der Waals surface area contributed by atoms with E-state index in [9.17, 15) is 9.90 Å². The molecule has 112 valence electrons. The predicted octanol–water partition coefficient (Wildman–Crippen LogP) is 2.06. The van der Waals surface area contributed by atoms with Crippen LogP contribution in [-0.2, 0) is 6.42 Å². The smallest absolute Gasteiger partial charge is 0.251 e. The number of nitrogens with one attached hydrogen (secondary N) is 1. The van der Waals surface area contributed by atoms with Crippen LogP contribution in [0.3, 0.4) is 0 Å². The molecular weight excluding hydrogens is 304 g/mol. The third kappa shape index (κ3) is 2.87. The number of aromatic hydroxyl groups is 1. The fraction of sp³-hybridized carbons (Fsp3) is 0.133. The second-order valence-corrected chi connectivity index (χ2v) is 5.12. The molecule has 0 saturated carbocycles. The van der Waals surface area contributed by atoms with Crippen molar-refractivity contribution in [3.05, 3.63) is 59.0 Å². The van der Waals surface area contributed by atoms with Crippen molar-refractivity contribution in [1.82, 2.24) is 19.9 Å². The van der Waals surface area contributed by atoms with Crippen molar-refractivity contribution in [2.75, 3.05) is 6.54 Å². The number of carbonyl (C=O) groups is 1. The minimum absolute atomic E-state index is 0.0480. The molecule has 0 bridgehead atoms. The zero-order valence-electron chi connectivity index (χ0n) is 11.5. The monoisotopic (exact) mass is 316 g/mol. The van der Waals surface area contributed by atoms with Crippen LogP contribution in [0.2, 0.25) is 5.02 Å². The van der Waals surface area contributed by atoms with E-state index in [1.807, 2.05) is 28.8 Å². The van der Waals surface area contributed by atoms with Gasteiger partial charge in [0, 0.05) is 24.7 Å². The van der Waals surface area contributed by atoms with Gasteiger partial charge in [0.25, 0.3) is 5.91 Å². The summed E-state index contributed by atoms with van der Waals surface area (Å²) < 4.78 is 1.88. The Morgan fingerprint density at radius 3 is 2.95 bits per heavy atom. The number of halogens is 1. The van der Waals surface area contributed by atoms with Gasteiger partial charge in [-0.05, 0) is 30.3 Å². The molecule has 0 unspecified atom stereocenters. The quantitative estimate of drug-likeness (QED) is 0.772. The molecule has 3 aromatic rings. The van der Waals surface area contributed by atoms with E-state index >= 15 is 0 Å². The van der Waals surface area contributed by atoms with E-state index in [1.165, 1.54) is 18.2 Å². The molecule has 6 nitrogen and oxygen atoms in total. The molecular formula is C15H13ClN4O2. The van der Waals surface area contributed by atoms with Crippen molar-refractivity contribution in [3.63, 3.8) is 0 Å². The minimum atomic E-state index is -0.254. The van der Waals surface area contributed by atoms with Gasteiger partial charge in [-0.25, -0.2) is 0 Å². The van der Waals surface area contributed by atoms with Gasteiger partial charge in [0.1, 0.15) is 11.6 Å². The summed E-state index contributed by atoms with van der Waals surface area (Å²) in [7, 11) is 0. The summed E-state index contributed by atoms with van der Waals surface area (Å²) in [5.41, 5.74) is 1.17. The Morgan fingerprint density at radius 2 is 2.14 bits per heavy atom. The van der Waals surface area contributed by atoms with Crippen LogP contribution < -0.4 is 5.32 Å². The van der Waals surface area contributed by atoms with E-state index in [2.05, 4.69) is 15.5 Å². The number of rotatable bonds is 4. The lowest BCUT2D eigenvalue weighted by Gasteiger charge is -2.05. The zero-order chi connectivity index (χ0) is 15.5. The summed E-state index contributed by atoms with van der Waals surface area (Å²) in [6, 6.07) is 10.00. The van der Waals surface area contributed by atoms with Crippen LogP contribution in [0.5, 0.6) is 5.75 Å². The van der Waals surface area contributed by atoms with Crippen molar-refractivity contribution < 1.29 is 9.90 Å². The maximum absolute atomic E-state index is 12.0. The maximum atomic E-state index is 12.0. The number of pyridine rings is 1. The first-order valence-electron chi connectivity index (χ1n) is 6.70. The number of benzene rings is 1. The van der Waals surface area contributed by atoms with E-state index in [0.29, 0.717) is 18.5 Å². The summed E-state index contributed by atoms with van der Waals surface area (Å²) in [6.45, 7) is 0.424. The minimum Gasteiger partial charge on any atom is -0.506 e. The molecule has 0 fully saturated rings. The topological polar surface area (TPSA) is 79.5 Å². The van der Waals surface area contributed by atoms with Gasteiger partial charge in [0.2, 0.25) is 0 Å². The Labute approximate surface area is 131 Å². The van der Waals surface area contributed by atoms with Crippen molar-refractivity contribution in [3.8, 4) is 5.75 Å². The van der Waals surface area contributed by atoms with Gasteiger partial charge >= 0.3 is 0 Å². The van der Waals surface area contributed by atoms with E-state index in [1.54, 1.807) is 0 Å². The molecule has 0 aliphatic rings. The summed E-state index contributed by atoms with van der Waals surface area (Å²) in [4.78, 5) is 12.0. The molecule has 3 rings (SSSR count). The Bertz CT molecular complexity index is 831. The van der Waals surface area contributed by atoms with Crippen molar-refractivity contribution >= 4 is 23.2 Å². The van der Waals surface area contributed by atoms with Crippen molar-refractivity contribution in [2.45, 2.75) is 6.42 Å². The molecule has 1 amide bonds. The lowest BCUT2D eigenvalue weighted by atomic mass is 10.2. The second kappa shape index (κ2) is 6.03. The standard InChI is InChI=1S/C15H13ClN4O2/c16-11-9-10(4-5-12(11)21)15(22)17-7-6-14-19-18-13-3-1-2-8-20(13)14/h1-5,8-9,21H,6-7H2,(H,17,22). The number of hydrogen-bond acceptors (Lipinski definition) is 4. The number of fused-ring (bicyclic) bond motifs is 1. The highest BCUT2D eigenvalue weighted by Gasteiger charge is 2.09. The van der Waals surface area contributed by atoms with Crippen molar-refractivity contribution in [2.24, 2.45) is 0 Å². The maximum Gasteiger partial charge on any atom is 0.251 e. The van der Waals surface area contributed by atoms with Gasteiger partial charge in [0.05, 0.1) is 5.02 Å². The van der Waals surface area contributed by atoms with E-state index < -0.39 is 0 Å². The Balaban J connectivity index is 1.63. The average Bonchev–Trinajstić information content (AvgIpc) is 2.93. The summed E-state index contributed by atoms with van der Waals surface area (Å²) in [5, 5.41) is 20.4. The van der Waals surface area contributed by atoms with Crippen LogP contribution in [0.4, 0.5) is 0 Å². The van der Waals surface area contributed by atoms with Crippen LogP contribution in [0.25, 0.3) is 5.65 Å². The van der Waals surface area contributed by atoms with Crippen LogP contribution in [0, 0.1) is 0 Å². The second-order valence-electron chi connectivity index (χ2n) is 4.72. The summed E-state index contributed by atoms with van der Waals surface area (Å²) in [6.07, 6.45) is 2.44. The van der Waals surface area contributed by atoms with Crippen LogP contribution in [0.1, 0.15) is 16.2 Å². The third-order valence-electron chi connectivity index (χ3n) is 3.23. The highest BCUT2D eigenvalue weighted by atomic mass is 35.5. The SMILES string of the molecule is O=C(NCCc1nnc2ccccn12)c1ccc(O)c(Cl)c1. The molecule has 0 saturated heterocycles. The molecule has 22 heavy (non-hydrogen) atoms. The predicted molar refractivity (Wildman–Crippen MR) is 82.1 cm³/mol. The number of aromatic nitrogens is 3. The number of carbonyl (C=O) groups excluding carboxylic acids is 1. The first kappa shape index (κ1) is 14.3. The number of amides is 1. The third-order valence-corrected chi connectivity index (χ3v) is 3.53. The first-order valence-corrected chi connectivity index (χ1v) is 7.08. The molecule has 2 N–H and O–H groups in total. The van der Waals surface area contributed by atoms with Gasteiger partial charge < -0.3 is 10.4 Å². The molecule has 1 aromatic carbocycles. The fourth-order valence-electron chi connectivity index (χ4n) is 2.10. The number of phenolic OH excluding ortho intramolecular Hbond substituents is 1. The van der Waals surface area contributed by atoms with Gasteiger partial charge in [-0.15, -0.1) is 10.2 Å². The average molecular weight is 317 g/mol. The highest BCUT2D eigenvalue weighted by Crippen LogP contribution is 2.23. The van der Waals surface area contributed by atoms with Gasteiger partial charge in [-0.3, -0.25) is 9.20 Å². The van der Waals surface area contributed by atoms with E-state index in [4.69, 9.17) is 11.6 Å². The highest BCUT2D eigenvalue weighted by molar-refractivity contribution is 6.32. The summed E-state index contributed by atoms with van der Waals surface area (Å²) >= 11 is 5.79. The molecule has 0 aliphatic heterocycles. The Hall–Kier alpha value is -2.60. The van der Waals surface area contributed by atoms with Crippen molar-refractivity contribution in [1.29, 1.82) is 0 Å². The van der Waals surface area contributed by atoms with E-state index in [0.717, 1.165) is 11.5 Å². The lowest BCUT2D eigenvalue weighted by molar-refractivity contribution is 0.0954. The Morgan fingerprint density at radius 1 is 1.27 bits per heavy atom. The number of nitrogens with zero attached hydrogens (tertiary/aromatic N) is 3. The fourth-order valence-corrected chi connectivity index (χ4v) is 2.28. The molecule has 0 spiro atoms.